The molecule has 1 aromatic rings. The molecule has 4 heteroatoms. The number of benzene rings is 1. The van der Waals surface area contributed by atoms with Crippen LogP contribution < -0.4 is 10.2 Å². The molecule has 0 fully saturated rings. The molecular formula is C16H20N2O2. The Morgan fingerprint density at radius 2 is 2.20 bits per heavy atom. The number of nitrogens with one attached hydrogen (secondary N) is 1. The fraction of sp³-hybridized carbons (Fsp3) is 0.375. The van der Waals surface area contributed by atoms with Gasteiger partial charge in [0.25, 0.3) is 0 Å². The van der Waals surface area contributed by atoms with Crippen LogP contribution in [0, 0.1) is 0 Å². The number of hydrogen-bond donors (Lipinski definition) is 1. The van der Waals surface area contributed by atoms with Crippen LogP contribution in [0.5, 0.6) is 0 Å². The van der Waals surface area contributed by atoms with Crippen molar-refractivity contribution >= 4 is 17.5 Å². The summed E-state index contributed by atoms with van der Waals surface area (Å²) in [5, 5.41) is 2.75. The molecule has 1 aliphatic heterocycles. The van der Waals surface area contributed by atoms with E-state index in [0.29, 0.717) is 13.0 Å². The van der Waals surface area contributed by atoms with Gasteiger partial charge in [-0.1, -0.05) is 24.3 Å². The Morgan fingerprint density at radius 1 is 1.45 bits per heavy atom. The van der Waals surface area contributed by atoms with Gasteiger partial charge in [0.2, 0.25) is 11.8 Å². The fourth-order valence-corrected chi connectivity index (χ4v) is 2.50. The smallest absolute Gasteiger partial charge is 0.243 e. The predicted octanol–water partition coefficient (Wildman–Crippen LogP) is 2.05. The van der Waals surface area contributed by atoms with E-state index >= 15 is 0 Å². The first-order valence-corrected chi connectivity index (χ1v) is 6.93. The van der Waals surface area contributed by atoms with Crippen LogP contribution in [0.3, 0.4) is 0 Å². The van der Waals surface area contributed by atoms with Gasteiger partial charge in [0, 0.05) is 18.7 Å². The second-order valence-electron chi connectivity index (χ2n) is 4.96. The van der Waals surface area contributed by atoms with Crippen LogP contribution in [0.4, 0.5) is 5.69 Å². The molecule has 0 saturated heterocycles. The van der Waals surface area contributed by atoms with Crippen LogP contribution in [0.2, 0.25) is 0 Å². The average Bonchev–Trinajstić information content (AvgIpc) is 2.62. The van der Waals surface area contributed by atoms with Gasteiger partial charge in [-0.05, 0) is 31.4 Å². The number of amides is 2. The fourth-order valence-electron chi connectivity index (χ4n) is 2.50. The summed E-state index contributed by atoms with van der Waals surface area (Å²) < 4.78 is 0. The molecule has 0 aromatic heterocycles. The lowest BCUT2D eigenvalue weighted by molar-refractivity contribution is -0.126. The topological polar surface area (TPSA) is 49.4 Å². The standard InChI is InChI=1S/C16H20N2O2/c1-3-11-17-16(20)12(2)18-14-9-5-4-7-13(14)8-6-10-15(18)19/h3-5,7,9,12H,1,6,8,10-11H2,2H3,(H,17,20)/t12-/m1/s1. The number of anilines is 1. The van der Waals surface area contributed by atoms with E-state index in [0.717, 1.165) is 24.1 Å². The summed E-state index contributed by atoms with van der Waals surface area (Å²) >= 11 is 0. The molecule has 2 rings (SSSR count). The maximum Gasteiger partial charge on any atom is 0.243 e. The molecule has 2 amide bonds. The first kappa shape index (κ1) is 14.3. The first-order valence-electron chi connectivity index (χ1n) is 6.93. The minimum Gasteiger partial charge on any atom is -0.351 e. The zero-order valence-corrected chi connectivity index (χ0v) is 11.8. The lowest BCUT2D eigenvalue weighted by Crippen LogP contribution is -2.48. The van der Waals surface area contributed by atoms with Gasteiger partial charge in [-0.25, -0.2) is 0 Å². The van der Waals surface area contributed by atoms with Crippen molar-refractivity contribution in [2.45, 2.75) is 32.2 Å². The Hall–Kier alpha value is -2.10. The number of hydrogen-bond acceptors (Lipinski definition) is 2. The quantitative estimate of drug-likeness (QED) is 0.853. The molecule has 1 atom stereocenters. The third kappa shape index (κ3) is 2.90. The zero-order valence-electron chi connectivity index (χ0n) is 11.8. The Morgan fingerprint density at radius 3 is 2.95 bits per heavy atom. The average molecular weight is 272 g/mol. The molecule has 0 unspecified atom stereocenters. The number of fused-ring (bicyclic) bond motifs is 1. The van der Waals surface area contributed by atoms with Crippen molar-refractivity contribution in [2.24, 2.45) is 0 Å². The normalized spacial score (nSPS) is 16.1. The number of nitrogens with zero attached hydrogens (tertiary/aromatic N) is 1. The lowest BCUT2D eigenvalue weighted by atomic mass is 10.1. The minimum absolute atomic E-state index is 0.0104. The van der Waals surface area contributed by atoms with Crippen molar-refractivity contribution in [3.8, 4) is 0 Å². The van der Waals surface area contributed by atoms with E-state index in [2.05, 4.69) is 11.9 Å². The van der Waals surface area contributed by atoms with Crippen molar-refractivity contribution in [3.63, 3.8) is 0 Å². The van der Waals surface area contributed by atoms with Crippen molar-refractivity contribution < 1.29 is 9.59 Å². The second kappa shape index (κ2) is 6.37. The summed E-state index contributed by atoms with van der Waals surface area (Å²) in [5.41, 5.74) is 1.98. The van der Waals surface area contributed by atoms with Crippen molar-refractivity contribution in [1.29, 1.82) is 0 Å². The summed E-state index contributed by atoms with van der Waals surface area (Å²) in [6.07, 6.45) is 3.81. The second-order valence-corrected chi connectivity index (χ2v) is 4.96. The molecule has 0 spiro atoms. The molecular weight excluding hydrogens is 252 g/mol. The number of aryl methyl sites for hydroxylation is 1. The molecule has 4 nitrogen and oxygen atoms in total. The van der Waals surface area contributed by atoms with E-state index in [4.69, 9.17) is 0 Å². The van der Waals surface area contributed by atoms with Gasteiger partial charge < -0.3 is 5.32 Å². The highest BCUT2D eigenvalue weighted by molar-refractivity contribution is 6.01. The van der Waals surface area contributed by atoms with Crippen LogP contribution >= 0.6 is 0 Å². The molecule has 1 heterocycles. The van der Waals surface area contributed by atoms with Crippen LogP contribution in [0.15, 0.2) is 36.9 Å². The van der Waals surface area contributed by atoms with Crippen molar-refractivity contribution in [2.75, 3.05) is 11.4 Å². The summed E-state index contributed by atoms with van der Waals surface area (Å²) in [4.78, 5) is 26.1. The summed E-state index contributed by atoms with van der Waals surface area (Å²) in [6.45, 7) is 5.75. The molecule has 0 radical (unpaired) electrons. The van der Waals surface area contributed by atoms with Gasteiger partial charge in [0.1, 0.15) is 6.04 Å². The van der Waals surface area contributed by atoms with Crippen LogP contribution in [-0.2, 0) is 16.0 Å². The summed E-state index contributed by atoms with van der Waals surface area (Å²) in [5.74, 6) is -0.147. The highest BCUT2D eigenvalue weighted by Gasteiger charge is 2.29. The Balaban J connectivity index is 2.30. The number of carbonyl (C=O) groups is 2. The van der Waals surface area contributed by atoms with Crippen LogP contribution in [0.25, 0.3) is 0 Å². The van der Waals surface area contributed by atoms with E-state index < -0.39 is 6.04 Å². The van der Waals surface area contributed by atoms with Gasteiger partial charge in [0.05, 0.1) is 0 Å². The number of rotatable bonds is 4. The third-order valence-electron chi connectivity index (χ3n) is 3.54. The van der Waals surface area contributed by atoms with Gasteiger partial charge in [0.15, 0.2) is 0 Å². The minimum atomic E-state index is -0.512. The van der Waals surface area contributed by atoms with Gasteiger partial charge >= 0.3 is 0 Å². The van der Waals surface area contributed by atoms with Crippen LogP contribution in [0.1, 0.15) is 25.3 Å². The van der Waals surface area contributed by atoms with Gasteiger partial charge in [-0.15, -0.1) is 6.58 Å². The van der Waals surface area contributed by atoms with Gasteiger partial charge in [-0.2, -0.15) is 0 Å². The summed E-state index contributed by atoms with van der Waals surface area (Å²) in [6, 6.07) is 7.29. The largest absolute Gasteiger partial charge is 0.351 e. The molecule has 0 saturated carbocycles. The predicted molar refractivity (Wildman–Crippen MR) is 79.5 cm³/mol. The monoisotopic (exact) mass is 272 g/mol. The Bertz CT molecular complexity index is 525. The molecule has 1 N–H and O–H groups in total. The van der Waals surface area contributed by atoms with Gasteiger partial charge in [-0.3, -0.25) is 14.5 Å². The third-order valence-corrected chi connectivity index (χ3v) is 3.54. The molecule has 0 aliphatic carbocycles. The van der Waals surface area contributed by atoms with Crippen molar-refractivity contribution in [1.82, 2.24) is 5.32 Å². The number of para-hydroxylation sites is 1. The molecule has 1 aromatic carbocycles. The highest BCUT2D eigenvalue weighted by Crippen LogP contribution is 2.28. The highest BCUT2D eigenvalue weighted by atomic mass is 16.2. The Labute approximate surface area is 119 Å². The van der Waals surface area contributed by atoms with E-state index in [-0.39, 0.29) is 11.8 Å². The van der Waals surface area contributed by atoms with E-state index in [1.165, 1.54) is 0 Å². The Kier molecular flexibility index (Phi) is 4.56. The number of carbonyl (C=O) groups excluding carboxylic acids is 2. The summed E-state index contributed by atoms with van der Waals surface area (Å²) in [7, 11) is 0. The molecule has 0 bridgehead atoms. The van der Waals surface area contributed by atoms with Crippen LogP contribution in [-0.4, -0.2) is 24.4 Å². The van der Waals surface area contributed by atoms with E-state index in [9.17, 15) is 9.59 Å². The van der Waals surface area contributed by atoms with Crippen molar-refractivity contribution in [3.05, 3.63) is 42.5 Å². The zero-order chi connectivity index (χ0) is 14.5. The maximum atomic E-state index is 12.3. The lowest BCUT2D eigenvalue weighted by Gasteiger charge is -2.28. The molecule has 106 valence electrons. The van der Waals surface area contributed by atoms with E-state index in [1.807, 2.05) is 24.3 Å². The van der Waals surface area contributed by atoms with E-state index in [1.54, 1.807) is 17.9 Å². The maximum absolute atomic E-state index is 12.3. The first-order chi connectivity index (χ1) is 9.65. The molecule has 1 aliphatic rings. The molecule has 20 heavy (non-hydrogen) atoms. The SMILES string of the molecule is C=CCNC(=O)[C@@H](C)N1C(=O)CCCc2ccccc21.